The smallest absolute Gasteiger partial charge is 0.191 e. The Bertz CT molecular complexity index is 1050. The molecular weight excluding hydrogens is 397 g/mol. The maximum absolute atomic E-state index is 12.9. The second-order valence-corrected chi connectivity index (χ2v) is 7.75. The predicted molar refractivity (Wildman–Crippen MR) is 107 cm³/mol. The molecule has 3 heterocycles. The largest absolute Gasteiger partial charge is 0.486 e. The molecule has 0 aliphatic rings. The van der Waals surface area contributed by atoms with E-state index in [0.29, 0.717) is 18.1 Å². The molecule has 4 rings (SSSR count). The molecule has 0 unspecified atom stereocenters. The molecule has 0 fully saturated rings. The van der Waals surface area contributed by atoms with E-state index >= 15 is 0 Å². The number of benzene rings is 1. The van der Waals surface area contributed by atoms with Gasteiger partial charge in [-0.15, -0.1) is 21.5 Å². The molecule has 0 saturated heterocycles. The van der Waals surface area contributed by atoms with Gasteiger partial charge in [-0.25, -0.2) is 9.37 Å². The molecular formula is C19H16FN5OS2. The summed E-state index contributed by atoms with van der Waals surface area (Å²) in [5, 5.41) is 12.2. The molecule has 9 heteroatoms. The van der Waals surface area contributed by atoms with E-state index in [1.807, 2.05) is 29.1 Å². The number of rotatable bonds is 7. The Morgan fingerprint density at radius 1 is 1.11 bits per heavy atom. The highest BCUT2D eigenvalue weighted by molar-refractivity contribution is 7.98. The molecule has 0 bridgehead atoms. The van der Waals surface area contributed by atoms with Gasteiger partial charge in [0.2, 0.25) is 0 Å². The molecule has 142 valence electrons. The molecule has 6 nitrogen and oxygen atoms in total. The Morgan fingerprint density at radius 2 is 1.89 bits per heavy atom. The second-order valence-electron chi connectivity index (χ2n) is 5.86. The van der Waals surface area contributed by atoms with E-state index in [4.69, 9.17) is 4.74 Å². The van der Waals surface area contributed by atoms with Gasteiger partial charge < -0.3 is 9.30 Å². The number of halogens is 1. The fourth-order valence-corrected chi connectivity index (χ4v) is 4.10. The first-order chi connectivity index (χ1) is 13.7. The first-order valence-electron chi connectivity index (χ1n) is 8.43. The van der Waals surface area contributed by atoms with E-state index in [9.17, 15) is 4.39 Å². The number of thiazole rings is 1. The molecule has 0 saturated carbocycles. The van der Waals surface area contributed by atoms with Crippen LogP contribution in [0.5, 0.6) is 5.75 Å². The van der Waals surface area contributed by atoms with Crippen molar-refractivity contribution in [3.63, 3.8) is 0 Å². The third kappa shape index (κ3) is 4.37. The number of hydrogen-bond acceptors (Lipinski definition) is 7. The van der Waals surface area contributed by atoms with Gasteiger partial charge in [0.05, 0.1) is 5.69 Å². The van der Waals surface area contributed by atoms with Crippen molar-refractivity contribution in [2.24, 2.45) is 7.05 Å². The van der Waals surface area contributed by atoms with Crippen LogP contribution in [0.3, 0.4) is 0 Å². The van der Waals surface area contributed by atoms with E-state index in [2.05, 4.69) is 20.2 Å². The van der Waals surface area contributed by atoms with Crippen molar-refractivity contribution in [3.8, 4) is 17.1 Å². The van der Waals surface area contributed by atoms with Crippen molar-refractivity contribution in [2.75, 3.05) is 0 Å². The minimum Gasteiger partial charge on any atom is -0.486 e. The van der Waals surface area contributed by atoms with Gasteiger partial charge >= 0.3 is 0 Å². The van der Waals surface area contributed by atoms with Crippen LogP contribution in [-0.2, 0) is 19.4 Å². The Balaban J connectivity index is 1.35. The van der Waals surface area contributed by atoms with Gasteiger partial charge in [0.1, 0.15) is 23.2 Å². The zero-order valence-electron chi connectivity index (χ0n) is 14.9. The van der Waals surface area contributed by atoms with E-state index in [0.717, 1.165) is 27.2 Å². The monoisotopic (exact) mass is 413 g/mol. The third-order valence-corrected chi connectivity index (χ3v) is 5.82. The fourth-order valence-electron chi connectivity index (χ4n) is 2.49. The van der Waals surface area contributed by atoms with Crippen molar-refractivity contribution in [3.05, 3.63) is 70.7 Å². The Hall–Kier alpha value is -2.78. The molecule has 0 atom stereocenters. The summed E-state index contributed by atoms with van der Waals surface area (Å²) in [5.41, 5.74) is 1.94. The summed E-state index contributed by atoms with van der Waals surface area (Å²) in [4.78, 5) is 8.61. The van der Waals surface area contributed by atoms with Crippen molar-refractivity contribution in [1.29, 1.82) is 0 Å². The number of ether oxygens (including phenoxy) is 1. The number of hydrogen-bond donors (Lipinski definition) is 0. The fraction of sp³-hybridized carbons (Fsp3) is 0.158. The summed E-state index contributed by atoms with van der Waals surface area (Å²) in [6, 6.07) is 9.78. The first kappa shape index (κ1) is 18.6. The maximum Gasteiger partial charge on any atom is 0.191 e. The lowest BCUT2D eigenvalue weighted by atomic mass is 10.2. The number of aromatic nitrogens is 5. The van der Waals surface area contributed by atoms with Gasteiger partial charge in [-0.05, 0) is 36.4 Å². The predicted octanol–water partition coefficient (Wildman–Crippen LogP) is 4.34. The van der Waals surface area contributed by atoms with Crippen molar-refractivity contribution in [2.45, 2.75) is 17.5 Å². The van der Waals surface area contributed by atoms with Gasteiger partial charge in [-0.1, -0.05) is 11.8 Å². The summed E-state index contributed by atoms with van der Waals surface area (Å²) < 4.78 is 20.5. The van der Waals surface area contributed by atoms with Crippen LogP contribution < -0.4 is 4.74 Å². The average molecular weight is 414 g/mol. The maximum atomic E-state index is 12.9. The van der Waals surface area contributed by atoms with Gasteiger partial charge in [0.25, 0.3) is 0 Å². The summed E-state index contributed by atoms with van der Waals surface area (Å²) in [5.74, 6) is 1.83. The standard InChI is InChI=1S/C19H16FN5OS2/c1-25-18(13-6-8-21-9-7-13)23-24-19(25)28-12-15-11-27-17(22-15)10-26-16-4-2-14(20)3-5-16/h2-9,11H,10,12H2,1H3. The normalized spacial score (nSPS) is 10.9. The second kappa shape index (κ2) is 8.49. The molecule has 0 amide bonds. The number of nitrogens with zero attached hydrogens (tertiary/aromatic N) is 5. The van der Waals surface area contributed by atoms with E-state index in [-0.39, 0.29) is 5.82 Å². The zero-order valence-corrected chi connectivity index (χ0v) is 16.6. The van der Waals surface area contributed by atoms with Crippen molar-refractivity contribution < 1.29 is 9.13 Å². The van der Waals surface area contributed by atoms with Crippen LogP contribution in [0, 0.1) is 5.82 Å². The molecule has 28 heavy (non-hydrogen) atoms. The zero-order chi connectivity index (χ0) is 19.3. The average Bonchev–Trinajstić information content (AvgIpc) is 3.33. The Kier molecular flexibility index (Phi) is 5.63. The van der Waals surface area contributed by atoms with E-state index < -0.39 is 0 Å². The lowest BCUT2D eigenvalue weighted by Crippen LogP contribution is -1.96. The van der Waals surface area contributed by atoms with Crippen LogP contribution >= 0.6 is 23.1 Å². The lowest BCUT2D eigenvalue weighted by molar-refractivity contribution is 0.305. The quantitative estimate of drug-likeness (QED) is 0.420. The third-order valence-electron chi connectivity index (χ3n) is 3.90. The van der Waals surface area contributed by atoms with Crippen LogP contribution in [0.1, 0.15) is 10.7 Å². The number of pyridine rings is 1. The number of thioether (sulfide) groups is 1. The highest BCUT2D eigenvalue weighted by Crippen LogP contribution is 2.26. The molecule has 1 aromatic carbocycles. The van der Waals surface area contributed by atoms with Gasteiger partial charge in [0.15, 0.2) is 11.0 Å². The van der Waals surface area contributed by atoms with Crippen molar-refractivity contribution >= 4 is 23.1 Å². The van der Waals surface area contributed by atoms with E-state index in [1.54, 1.807) is 47.6 Å². The Morgan fingerprint density at radius 3 is 2.68 bits per heavy atom. The topological polar surface area (TPSA) is 65.7 Å². The van der Waals surface area contributed by atoms with Crippen LogP contribution in [-0.4, -0.2) is 24.7 Å². The van der Waals surface area contributed by atoms with Crippen LogP contribution in [0.15, 0.2) is 59.3 Å². The van der Waals surface area contributed by atoms with Gasteiger partial charge in [-0.3, -0.25) is 4.98 Å². The summed E-state index contributed by atoms with van der Waals surface area (Å²) in [6.07, 6.45) is 3.48. The Labute approximate surface area is 169 Å². The molecule has 0 N–H and O–H groups in total. The highest BCUT2D eigenvalue weighted by atomic mass is 32.2. The minimum absolute atomic E-state index is 0.281. The summed E-state index contributed by atoms with van der Waals surface area (Å²) in [6.45, 7) is 0.358. The molecule has 0 aliphatic carbocycles. The van der Waals surface area contributed by atoms with Crippen LogP contribution in [0.2, 0.25) is 0 Å². The molecule has 0 spiro atoms. The molecule has 4 aromatic rings. The lowest BCUT2D eigenvalue weighted by Gasteiger charge is -2.03. The van der Waals surface area contributed by atoms with Gasteiger partial charge in [0, 0.05) is 36.1 Å². The summed E-state index contributed by atoms with van der Waals surface area (Å²) in [7, 11) is 1.95. The first-order valence-corrected chi connectivity index (χ1v) is 10.3. The molecule has 3 aromatic heterocycles. The van der Waals surface area contributed by atoms with Gasteiger partial charge in [-0.2, -0.15) is 0 Å². The van der Waals surface area contributed by atoms with E-state index in [1.165, 1.54) is 12.1 Å². The van der Waals surface area contributed by atoms with Crippen LogP contribution in [0.4, 0.5) is 4.39 Å². The summed E-state index contributed by atoms with van der Waals surface area (Å²) >= 11 is 3.12. The van der Waals surface area contributed by atoms with Crippen molar-refractivity contribution in [1.82, 2.24) is 24.7 Å². The highest BCUT2D eigenvalue weighted by Gasteiger charge is 2.12. The molecule has 0 aliphatic heterocycles. The SMILES string of the molecule is Cn1c(SCc2csc(COc3ccc(F)cc3)n2)nnc1-c1ccncc1. The minimum atomic E-state index is -0.281. The van der Waals surface area contributed by atoms with Crippen LogP contribution in [0.25, 0.3) is 11.4 Å². The molecule has 0 radical (unpaired) electrons.